The fourth-order valence-corrected chi connectivity index (χ4v) is 2.34. The molecule has 1 N–H and O–H groups in total. The Balaban J connectivity index is 2.26. The van der Waals surface area contributed by atoms with Crippen molar-refractivity contribution in [2.45, 2.75) is 52.2 Å². The molecular formula is C14H28N2O2. The second-order valence-electron chi connectivity index (χ2n) is 5.74. The van der Waals surface area contributed by atoms with Gasteiger partial charge in [0.2, 0.25) is 5.91 Å². The summed E-state index contributed by atoms with van der Waals surface area (Å²) in [6, 6.07) is 0.286. The summed E-state index contributed by atoms with van der Waals surface area (Å²) in [6.45, 7) is 8.68. The molecule has 1 rings (SSSR count). The van der Waals surface area contributed by atoms with Crippen LogP contribution in [0, 0.1) is 5.92 Å². The quantitative estimate of drug-likeness (QED) is 0.785. The standard InChI is InChI=1S/C14H28N2O2/c1-11(2)9-12(3)16(4)14(17)10-18-13-5-7-15-8-6-13/h11-13,15H,5-10H2,1-4H3. The number of carbonyl (C=O) groups is 1. The molecule has 0 spiro atoms. The molecule has 1 amide bonds. The highest BCUT2D eigenvalue weighted by molar-refractivity contribution is 5.77. The van der Waals surface area contributed by atoms with E-state index in [9.17, 15) is 4.79 Å². The van der Waals surface area contributed by atoms with Crippen LogP contribution in [0.4, 0.5) is 0 Å². The van der Waals surface area contributed by atoms with Gasteiger partial charge in [0.25, 0.3) is 0 Å². The Bertz CT molecular complexity index is 250. The van der Waals surface area contributed by atoms with Gasteiger partial charge in [-0.25, -0.2) is 0 Å². The molecule has 106 valence electrons. The van der Waals surface area contributed by atoms with E-state index in [1.165, 1.54) is 0 Å². The molecule has 1 aliphatic rings. The number of rotatable bonds is 6. The van der Waals surface area contributed by atoms with Crippen LogP contribution in [0.2, 0.25) is 0 Å². The van der Waals surface area contributed by atoms with Crippen molar-refractivity contribution < 1.29 is 9.53 Å². The Labute approximate surface area is 111 Å². The zero-order valence-electron chi connectivity index (χ0n) is 12.2. The van der Waals surface area contributed by atoms with Crippen LogP contribution in [0.25, 0.3) is 0 Å². The first-order valence-corrected chi connectivity index (χ1v) is 7.08. The van der Waals surface area contributed by atoms with E-state index in [-0.39, 0.29) is 24.7 Å². The normalized spacial score (nSPS) is 18.9. The molecule has 1 aliphatic heterocycles. The summed E-state index contributed by atoms with van der Waals surface area (Å²) in [5.74, 6) is 0.710. The summed E-state index contributed by atoms with van der Waals surface area (Å²) < 4.78 is 5.69. The predicted molar refractivity (Wildman–Crippen MR) is 73.5 cm³/mol. The lowest BCUT2D eigenvalue weighted by atomic mass is 10.0. The van der Waals surface area contributed by atoms with Gasteiger partial charge in [0.05, 0.1) is 6.10 Å². The molecule has 0 saturated carbocycles. The van der Waals surface area contributed by atoms with Gasteiger partial charge in [-0.1, -0.05) is 13.8 Å². The third kappa shape index (κ3) is 5.36. The summed E-state index contributed by atoms with van der Waals surface area (Å²) in [5.41, 5.74) is 0. The van der Waals surface area contributed by atoms with Crippen LogP contribution < -0.4 is 5.32 Å². The highest BCUT2D eigenvalue weighted by atomic mass is 16.5. The van der Waals surface area contributed by atoms with Crippen LogP contribution in [0.15, 0.2) is 0 Å². The largest absolute Gasteiger partial charge is 0.368 e. The van der Waals surface area contributed by atoms with Crippen LogP contribution in [-0.4, -0.2) is 49.7 Å². The third-order valence-electron chi connectivity index (χ3n) is 3.60. The average Bonchev–Trinajstić information content (AvgIpc) is 2.35. The van der Waals surface area contributed by atoms with Gasteiger partial charge in [0.1, 0.15) is 6.61 Å². The minimum Gasteiger partial charge on any atom is -0.368 e. The number of likely N-dealkylation sites (N-methyl/N-ethyl adjacent to an activating group) is 1. The van der Waals surface area contributed by atoms with E-state index in [1.54, 1.807) is 0 Å². The number of nitrogens with one attached hydrogen (secondary N) is 1. The van der Waals surface area contributed by atoms with Gasteiger partial charge >= 0.3 is 0 Å². The fraction of sp³-hybridized carbons (Fsp3) is 0.929. The molecule has 4 nitrogen and oxygen atoms in total. The van der Waals surface area contributed by atoms with Crippen molar-refractivity contribution in [2.24, 2.45) is 5.92 Å². The Kier molecular flexibility index (Phi) is 6.65. The SMILES string of the molecule is CC(C)CC(C)N(C)C(=O)COC1CCNCC1. The zero-order chi connectivity index (χ0) is 13.5. The predicted octanol–water partition coefficient (Wildman–Crippen LogP) is 1.65. The van der Waals surface area contributed by atoms with Crippen molar-refractivity contribution in [2.75, 3.05) is 26.7 Å². The summed E-state index contributed by atoms with van der Waals surface area (Å²) in [6.07, 6.45) is 3.32. The maximum atomic E-state index is 12.0. The second kappa shape index (κ2) is 7.74. The van der Waals surface area contributed by atoms with Crippen molar-refractivity contribution in [3.8, 4) is 0 Å². The first-order chi connectivity index (χ1) is 8.50. The number of hydrogen-bond acceptors (Lipinski definition) is 3. The highest BCUT2D eigenvalue weighted by Gasteiger charge is 2.19. The topological polar surface area (TPSA) is 41.6 Å². The molecule has 18 heavy (non-hydrogen) atoms. The van der Waals surface area contributed by atoms with Crippen LogP contribution in [0.3, 0.4) is 0 Å². The van der Waals surface area contributed by atoms with Gasteiger partial charge < -0.3 is 15.0 Å². The first kappa shape index (κ1) is 15.4. The molecular weight excluding hydrogens is 228 g/mol. The van der Waals surface area contributed by atoms with E-state index in [2.05, 4.69) is 26.1 Å². The van der Waals surface area contributed by atoms with Crippen LogP contribution in [0.1, 0.15) is 40.0 Å². The highest BCUT2D eigenvalue weighted by Crippen LogP contribution is 2.11. The molecule has 0 aromatic carbocycles. The van der Waals surface area contributed by atoms with E-state index in [0.717, 1.165) is 32.4 Å². The van der Waals surface area contributed by atoms with Gasteiger partial charge in [0, 0.05) is 13.1 Å². The molecule has 1 saturated heterocycles. The van der Waals surface area contributed by atoms with E-state index in [1.807, 2.05) is 11.9 Å². The van der Waals surface area contributed by atoms with Gasteiger partial charge in [-0.2, -0.15) is 0 Å². The monoisotopic (exact) mass is 256 g/mol. The van der Waals surface area contributed by atoms with Crippen molar-refractivity contribution in [3.63, 3.8) is 0 Å². The lowest BCUT2D eigenvalue weighted by molar-refractivity contribution is -0.139. The third-order valence-corrected chi connectivity index (χ3v) is 3.60. The molecule has 0 aliphatic carbocycles. The summed E-state index contributed by atoms with van der Waals surface area (Å²) in [5, 5.41) is 3.29. The molecule has 0 bridgehead atoms. The van der Waals surface area contributed by atoms with Crippen molar-refractivity contribution in [3.05, 3.63) is 0 Å². The molecule has 1 atom stereocenters. The molecule has 0 aromatic rings. The maximum Gasteiger partial charge on any atom is 0.248 e. The van der Waals surface area contributed by atoms with Gasteiger partial charge in [-0.3, -0.25) is 4.79 Å². The first-order valence-electron chi connectivity index (χ1n) is 7.08. The van der Waals surface area contributed by atoms with E-state index in [0.29, 0.717) is 5.92 Å². The van der Waals surface area contributed by atoms with Gasteiger partial charge in [-0.15, -0.1) is 0 Å². The zero-order valence-corrected chi connectivity index (χ0v) is 12.2. The lowest BCUT2D eigenvalue weighted by Crippen LogP contribution is -2.40. The van der Waals surface area contributed by atoms with Crippen LogP contribution >= 0.6 is 0 Å². The van der Waals surface area contributed by atoms with E-state index in [4.69, 9.17) is 4.74 Å². The minimum absolute atomic E-state index is 0.0988. The summed E-state index contributed by atoms with van der Waals surface area (Å²) >= 11 is 0. The lowest BCUT2D eigenvalue weighted by Gasteiger charge is -2.28. The van der Waals surface area contributed by atoms with Crippen molar-refractivity contribution in [1.82, 2.24) is 10.2 Å². The molecule has 0 radical (unpaired) electrons. The average molecular weight is 256 g/mol. The Hall–Kier alpha value is -0.610. The van der Waals surface area contributed by atoms with E-state index < -0.39 is 0 Å². The van der Waals surface area contributed by atoms with E-state index >= 15 is 0 Å². The number of nitrogens with zero attached hydrogens (tertiary/aromatic N) is 1. The van der Waals surface area contributed by atoms with Gasteiger partial charge in [0.15, 0.2) is 0 Å². The summed E-state index contributed by atoms with van der Waals surface area (Å²) in [4.78, 5) is 13.8. The summed E-state index contributed by atoms with van der Waals surface area (Å²) in [7, 11) is 1.88. The number of piperidine rings is 1. The number of carbonyl (C=O) groups excluding carboxylic acids is 1. The molecule has 0 aromatic heterocycles. The smallest absolute Gasteiger partial charge is 0.248 e. The minimum atomic E-state index is 0.0988. The Morgan fingerprint density at radius 1 is 1.33 bits per heavy atom. The van der Waals surface area contributed by atoms with Crippen LogP contribution in [-0.2, 0) is 9.53 Å². The second-order valence-corrected chi connectivity index (χ2v) is 5.74. The number of hydrogen-bond donors (Lipinski definition) is 1. The number of amides is 1. The number of ether oxygens (including phenoxy) is 1. The molecule has 4 heteroatoms. The van der Waals surface area contributed by atoms with Crippen molar-refractivity contribution >= 4 is 5.91 Å². The van der Waals surface area contributed by atoms with Crippen LogP contribution in [0.5, 0.6) is 0 Å². The maximum absolute atomic E-state index is 12.0. The molecule has 1 heterocycles. The molecule has 1 fully saturated rings. The molecule has 1 unspecified atom stereocenters. The Morgan fingerprint density at radius 3 is 2.50 bits per heavy atom. The van der Waals surface area contributed by atoms with Crippen molar-refractivity contribution in [1.29, 1.82) is 0 Å². The Morgan fingerprint density at radius 2 is 1.94 bits per heavy atom. The fourth-order valence-electron chi connectivity index (χ4n) is 2.34. The van der Waals surface area contributed by atoms with Gasteiger partial charge in [-0.05, 0) is 45.2 Å².